The van der Waals surface area contributed by atoms with Crippen LogP contribution in [0.15, 0.2) is 4.99 Å². The number of carbonyl (C=O) groups is 1. The van der Waals surface area contributed by atoms with E-state index in [2.05, 4.69) is 22.5 Å². The maximum Gasteiger partial charge on any atom is 0.410 e. The summed E-state index contributed by atoms with van der Waals surface area (Å²) in [5.74, 6) is 0.708. The van der Waals surface area contributed by atoms with Gasteiger partial charge in [-0.3, -0.25) is 4.99 Å². The number of nitrogens with zero attached hydrogens (tertiary/aromatic N) is 2. The van der Waals surface area contributed by atoms with Crippen molar-refractivity contribution in [3.05, 3.63) is 0 Å². The molecular weight excluding hydrogens is 423 g/mol. The summed E-state index contributed by atoms with van der Waals surface area (Å²) in [6.45, 7) is 10.3. The van der Waals surface area contributed by atoms with E-state index in [4.69, 9.17) is 9.47 Å². The van der Waals surface area contributed by atoms with E-state index in [0.717, 1.165) is 19.4 Å². The molecule has 0 aliphatic carbocycles. The van der Waals surface area contributed by atoms with Gasteiger partial charge in [0.05, 0.1) is 5.60 Å². The van der Waals surface area contributed by atoms with E-state index in [1.807, 2.05) is 20.8 Å². The summed E-state index contributed by atoms with van der Waals surface area (Å²) < 4.78 is 11.0. The average Bonchev–Trinajstić information content (AvgIpc) is 2.87. The fourth-order valence-corrected chi connectivity index (χ4v) is 2.24. The van der Waals surface area contributed by atoms with Gasteiger partial charge in [-0.1, -0.05) is 0 Å². The van der Waals surface area contributed by atoms with Crippen molar-refractivity contribution in [3.63, 3.8) is 0 Å². The van der Waals surface area contributed by atoms with Crippen molar-refractivity contribution < 1.29 is 14.3 Å². The summed E-state index contributed by atoms with van der Waals surface area (Å²) in [6.07, 6.45) is 1.83. The molecule has 1 atom stereocenters. The van der Waals surface area contributed by atoms with E-state index in [1.165, 1.54) is 0 Å². The third-order valence-electron chi connectivity index (χ3n) is 3.60. The molecule has 24 heavy (non-hydrogen) atoms. The summed E-state index contributed by atoms with van der Waals surface area (Å²) in [7, 11) is 3.45. The molecule has 1 rings (SSSR count). The van der Waals surface area contributed by atoms with Gasteiger partial charge in [-0.2, -0.15) is 0 Å². The summed E-state index contributed by atoms with van der Waals surface area (Å²) in [6, 6.07) is 0. The van der Waals surface area contributed by atoms with Gasteiger partial charge in [0.1, 0.15) is 5.60 Å². The SMILES string of the molecule is CN=C(NCCN(C)C(=O)OC(C)(C)C)NCC1(C)CCCO1.I. The molecule has 2 N–H and O–H groups in total. The minimum Gasteiger partial charge on any atom is -0.444 e. The fourth-order valence-electron chi connectivity index (χ4n) is 2.24. The van der Waals surface area contributed by atoms with Crippen molar-refractivity contribution in [2.45, 2.75) is 51.7 Å². The van der Waals surface area contributed by atoms with Gasteiger partial charge >= 0.3 is 6.09 Å². The smallest absolute Gasteiger partial charge is 0.410 e. The maximum atomic E-state index is 11.9. The number of aliphatic imine (C=N–C) groups is 1. The summed E-state index contributed by atoms with van der Waals surface area (Å²) in [5.41, 5.74) is -0.599. The van der Waals surface area contributed by atoms with Crippen LogP contribution in [0.1, 0.15) is 40.5 Å². The molecule has 0 aromatic rings. The number of halogens is 1. The van der Waals surface area contributed by atoms with Crippen LogP contribution in [0.5, 0.6) is 0 Å². The number of hydrogen-bond donors (Lipinski definition) is 2. The Balaban J connectivity index is 0.00000529. The van der Waals surface area contributed by atoms with Gasteiger partial charge in [0.2, 0.25) is 0 Å². The molecule has 8 heteroatoms. The quantitative estimate of drug-likeness (QED) is 0.377. The van der Waals surface area contributed by atoms with Gasteiger partial charge in [-0.15, -0.1) is 24.0 Å². The van der Waals surface area contributed by atoms with Gasteiger partial charge < -0.3 is 25.0 Å². The zero-order valence-corrected chi connectivity index (χ0v) is 18.1. The third kappa shape index (κ3) is 8.91. The van der Waals surface area contributed by atoms with E-state index in [0.29, 0.717) is 25.6 Å². The van der Waals surface area contributed by atoms with Crippen molar-refractivity contribution in [2.75, 3.05) is 40.3 Å². The Morgan fingerprint density at radius 2 is 2.04 bits per heavy atom. The van der Waals surface area contributed by atoms with E-state index in [1.54, 1.807) is 19.0 Å². The first-order valence-corrected chi connectivity index (χ1v) is 8.18. The van der Waals surface area contributed by atoms with E-state index < -0.39 is 5.60 Å². The second-order valence-electron chi connectivity index (χ2n) is 7.16. The van der Waals surface area contributed by atoms with Crippen molar-refractivity contribution >= 4 is 36.0 Å². The molecule has 1 unspecified atom stereocenters. The van der Waals surface area contributed by atoms with Crippen molar-refractivity contribution in [3.8, 4) is 0 Å². The van der Waals surface area contributed by atoms with Gasteiger partial charge in [-0.05, 0) is 40.5 Å². The number of hydrogen-bond acceptors (Lipinski definition) is 4. The van der Waals surface area contributed by atoms with Gasteiger partial charge in [0.25, 0.3) is 0 Å². The fraction of sp³-hybridized carbons (Fsp3) is 0.875. The first-order valence-electron chi connectivity index (χ1n) is 8.18. The van der Waals surface area contributed by atoms with Crippen LogP contribution in [0.25, 0.3) is 0 Å². The molecule has 0 aromatic carbocycles. The number of carbonyl (C=O) groups excluding carboxylic acids is 1. The lowest BCUT2D eigenvalue weighted by Gasteiger charge is -2.26. The standard InChI is InChI=1S/C16H32N4O3.HI/c1-15(2,3)23-14(21)20(6)10-9-18-13(17-5)19-12-16(4)8-7-11-22-16;/h7-12H2,1-6H3,(H2,17,18,19);1H. The zero-order chi connectivity index (χ0) is 17.5. The molecule has 0 radical (unpaired) electrons. The molecule has 0 bridgehead atoms. The highest BCUT2D eigenvalue weighted by Gasteiger charge is 2.29. The Labute approximate surface area is 162 Å². The summed E-state index contributed by atoms with van der Waals surface area (Å²) in [5, 5.41) is 6.47. The van der Waals surface area contributed by atoms with Crippen molar-refractivity contribution in [1.82, 2.24) is 15.5 Å². The minimum absolute atomic E-state index is 0. The molecule has 1 aliphatic rings. The number of likely N-dealkylation sites (N-methyl/N-ethyl adjacent to an activating group) is 1. The largest absolute Gasteiger partial charge is 0.444 e. The number of ether oxygens (including phenoxy) is 2. The monoisotopic (exact) mass is 456 g/mol. The molecule has 0 spiro atoms. The number of rotatable bonds is 5. The Morgan fingerprint density at radius 1 is 1.38 bits per heavy atom. The predicted octanol–water partition coefficient (Wildman–Crippen LogP) is 2.21. The van der Waals surface area contributed by atoms with E-state index >= 15 is 0 Å². The lowest BCUT2D eigenvalue weighted by molar-refractivity contribution is 0.0243. The number of nitrogens with one attached hydrogen (secondary N) is 2. The molecule has 0 saturated carbocycles. The number of guanidine groups is 1. The lowest BCUT2D eigenvalue weighted by atomic mass is 10.0. The van der Waals surface area contributed by atoms with Crippen LogP contribution in [-0.4, -0.2) is 68.5 Å². The van der Waals surface area contributed by atoms with Crippen LogP contribution in [0.3, 0.4) is 0 Å². The second kappa shape index (κ2) is 10.3. The Kier molecular flexibility index (Phi) is 9.94. The normalized spacial score (nSPS) is 21.0. The highest BCUT2D eigenvalue weighted by atomic mass is 127. The highest BCUT2D eigenvalue weighted by molar-refractivity contribution is 14.0. The van der Waals surface area contributed by atoms with Gasteiger partial charge in [0, 0.05) is 40.3 Å². The van der Waals surface area contributed by atoms with Crippen molar-refractivity contribution in [1.29, 1.82) is 0 Å². The molecule has 1 aliphatic heterocycles. The van der Waals surface area contributed by atoms with Crippen LogP contribution in [0.4, 0.5) is 4.79 Å². The highest BCUT2D eigenvalue weighted by Crippen LogP contribution is 2.23. The molecule has 7 nitrogen and oxygen atoms in total. The molecule has 142 valence electrons. The molecule has 1 amide bonds. The van der Waals surface area contributed by atoms with Crippen LogP contribution < -0.4 is 10.6 Å². The Hall–Kier alpha value is -0.770. The van der Waals surface area contributed by atoms with Crippen LogP contribution >= 0.6 is 24.0 Å². The minimum atomic E-state index is -0.479. The van der Waals surface area contributed by atoms with E-state index in [9.17, 15) is 4.79 Å². The summed E-state index contributed by atoms with van der Waals surface area (Å²) >= 11 is 0. The molecule has 1 saturated heterocycles. The molecular formula is C16H33IN4O3. The first kappa shape index (κ1) is 23.2. The first-order chi connectivity index (χ1) is 10.7. The average molecular weight is 456 g/mol. The Morgan fingerprint density at radius 3 is 2.54 bits per heavy atom. The number of amides is 1. The second-order valence-corrected chi connectivity index (χ2v) is 7.16. The van der Waals surface area contributed by atoms with Gasteiger partial charge in [-0.25, -0.2) is 4.79 Å². The lowest BCUT2D eigenvalue weighted by Crippen LogP contribution is -2.47. The molecule has 1 fully saturated rings. The van der Waals surface area contributed by atoms with Gasteiger partial charge in [0.15, 0.2) is 5.96 Å². The molecule has 1 heterocycles. The maximum absolute atomic E-state index is 11.9. The predicted molar refractivity (Wildman–Crippen MR) is 107 cm³/mol. The molecule has 0 aromatic heterocycles. The van der Waals surface area contributed by atoms with Crippen LogP contribution in [-0.2, 0) is 9.47 Å². The van der Waals surface area contributed by atoms with Crippen LogP contribution in [0.2, 0.25) is 0 Å². The summed E-state index contributed by atoms with van der Waals surface area (Å²) in [4.78, 5) is 17.6. The van der Waals surface area contributed by atoms with E-state index in [-0.39, 0.29) is 35.7 Å². The third-order valence-corrected chi connectivity index (χ3v) is 3.60. The van der Waals surface area contributed by atoms with Crippen LogP contribution in [0, 0.1) is 0 Å². The Bertz CT molecular complexity index is 418. The zero-order valence-electron chi connectivity index (χ0n) is 15.8. The van der Waals surface area contributed by atoms with Crippen molar-refractivity contribution in [2.24, 2.45) is 4.99 Å². The topological polar surface area (TPSA) is 75.2 Å².